The summed E-state index contributed by atoms with van der Waals surface area (Å²) >= 11 is 0. The molecular formula is C73H51NO. The molecule has 0 unspecified atom stereocenters. The van der Waals surface area contributed by atoms with Gasteiger partial charge in [-0.1, -0.05) is 216 Å². The van der Waals surface area contributed by atoms with Crippen LogP contribution in [0.3, 0.4) is 0 Å². The zero-order valence-electron chi connectivity index (χ0n) is 42.4. The summed E-state index contributed by atoms with van der Waals surface area (Å²) < 4.78 is 6.71. The van der Waals surface area contributed by atoms with Gasteiger partial charge in [-0.2, -0.15) is 0 Å². The number of fused-ring (bicyclic) bond motifs is 19. The lowest BCUT2D eigenvalue weighted by Crippen LogP contribution is -2.25. The van der Waals surface area contributed by atoms with Gasteiger partial charge in [-0.15, -0.1) is 0 Å². The maximum atomic E-state index is 6.71. The molecule has 0 saturated carbocycles. The molecule has 2 nitrogen and oxygen atoms in total. The molecule has 0 amide bonds. The molecule has 75 heavy (non-hydrogen) atoms. The zero-order valence-corrected chi connectivity index (χ0v) is 42.4. The molecule has 12 aromatic rings. The van der Waals surface area contributed by atoms with Gasteiger partial charge in [0.2, 0.25) is 0 Å². The molecule has 11 aromatic carbocycles. The number of anilines is 3. The van der Waals surface area contributed by atoms with Gasteiger partial charge >= 0.3 is 0 Å². The summed E-state index contributed by atoms with van der Waals surface area (Å²) in [5, 5.41) is 2.27. The zero-order chi connectivity index (χ0) is 50.0. The van der Waals surface area contributed by atoms with Crippen molar-refractivity contribution in [3.05, 3.63) is 281 Å². The molecule has 0 bridgehead atoms. The Morgan fingerprint density at radius 3 is 1.40 bits per heavy atom. The van der Waals surface area contributed by atoms with Crippen molar-refractivity contribution in [1.82, 2.24) is 0 Å². The van der Waals surface area contributed by atoms with E-state index in [1.54, 1.807) is 0 Å². The van der Waals surface area contributed by atoms with Gasteiger partial charge in [-0.25, -0.2) is 0 Å². The van der Waals surface area contributed by atoms with Crippen LogP contribution in [0.4, 0.5) is 17.1 Å². The summed E-state index contributed by atoms with van der Waals surface area (Å²) in [5.41, 5.74) is 30.2. The van der Waals surface area contributed by atoms with Gasteiger partial charge in [-0.3, -0.25) is 0 Å². The first kappa shape index (κ1) is 42.5. The fourth-order valence-electron chi connectivity index (χ4n) is 14.5. The molecule has 0 aliphatic heterocycles. The maximum absolute atomic E-state index is 6.71. The van der Waals surface area contributed by atoms with Crippen LogP contribution in [0.25, 0.3) is 88.7 Å². The Bertz CT molecular complexity index is 4290. The minimum atomic E-state index is -0.543. The fourth-order valence-corrected chi connectivity index (χ4v) is 14.5. The highest BCUT2D eigenvalue weighted by Gasteiger charge is 2.52. The summed E-state index contributed by atoms with van der Waals surface area (Å²) in [6, 6.07) is 89.0. The van der Waals surface area contributed by atoms with Gasteiger partial charge in [0.1, 0.15) is 11.2 Å². The molecule has 0 N–H and O–H groups in total. The lowest BCUT2D eigenvalue weighted by molar-refractivity contribution is 0.660. The minimum absolute atomic E-state index is 0.152. The second-order valence-corrected chi connectivity index (χ2v) is 22.3. The molecule has 4 aliphatic rings. The van der Waals surface area contributed by atoms with Crippen molar-refractivity contribution in [1.29, 1.82) is 0 Å². The van der Waals surface area contributed by atoms with Gasteiger partial charge in [-0.05, 0) is 154 Å². The molecule has 1 spiro atoms. The number of benzene rings is 11. The first-order valence-electron chi connectivity index (χ1n) is 26.5. The Hall–Kier alpha value is -8.98. The SMILES string of the molecule is CC1(C)c2ccccc2-c2ccc(N(c3cccc(-c4cccc5c4-c4ccc(-c6cccc7c6oc6ccccc67)cc4C54c5ccccc5-c5ccccc54)c3)c3ccc4c(c3)C(C)(C)c3ccccc3-4)cc21. The van der Waals surface area contributed by atoms with E-state index < -0.39 is 5.41 Å². The molecule has 1 aromatic heterocycles. The van der Waals surface area contributed by atoms with Crippen molar-refractivity contribution in [2.75, 3.05) is 4.90 Å². The van der Waals surface area contributed by atoms with E-state index >= 15 is 0 Å². The molecule has 0 saturated heterocycles. The lowest BCUT2D eigenvalue weighted by atomic mass is 9.70. The number of nitrogens with zero attached hydrogens (tertiary/aromatic N) is 1. The van der Waals surface area contributed by atoms with E-state index in [2.05, 4.69) is 269 Å². The van der Waals surface area contributed by atoms with Crippen LogP contribution in [-0.4, -0.2) is 0 Å². The monoisotopic (exact) mass is 957 g/mol. The first-order valence-corrected chi connectivity index (χ1v) is 26.5. The van der Waals surface area contributed by atoms with E-state index in [1.807, 2.05) is 0 Å². The highest BCUT2D eigenvalue weighted by Crippen LogP contribution is 2.65. The van der Waals surface area contributed by atoms with Crippen LogP contribution < -0.4 is 4.90 Å². The maximum Gasteiger partial charge on any atom is 0.143 e. The van der Waals surface area contributed by atoms with E-state index in [9.17, 15) is 0 Å². The van der Waals surface area contributed by atoms with E-state index in [0.717, 1.165) is 50.1 Å². The average Bonchev–Trinajstić information content (AvgIpc) is 4.39. The highest BCUT2D eigenvalue weighted by molar-refractivity contribution is 6.10. The summed E-state index contributed by atoms with van der Waals surface area (Å²) in [6.45, 7) is 9.52. The van der Waals surface area contributed by atoms with Crippen molar-refractivity contribution in [2.24, 2.45) is 0 Å². The van der Waals surface area contributed by atoms with Gasteiger partial charge in [0.15, 0.2) is 0 Å². The van der Waals surface area contributed by atoms with Crippen molar-refractivity contribution >= 4 is 39.0 Å². The van der Waals surface area contributed by atoms with Crippen LogP contribution >= 0.6 is 0 Å². The van der Waals surface area contributed by atoms with Crippen LogP contribution in [0.15, 0.2) is 241 Å². The molecule has 16 rings (SSSR count). The van der Waals surface area contributed by atoms with E-state index in [-0.39, 0.29) is 10.8 Å². The smallest absolute Gasteiger partial charge is 0.143 e. The molecule has 4 aliphatic carbocycles. The predicted molar refractivity (Wildman–Crippen MR) is 311 cm³/mol. The van der Waals surface area contributed by atoms with Crippen molar-refractivity contribution < 1.29 is 4.42 Å². The van der Waals surface area contributed by atoms with Crippen LogP contribution in [0.1, 0.15) is 72.2 Å². The predicted octanol–water partition coefficient (Wildman–Crippen LogP) is 19.3. The van der Waals surface area contributed by atoms with Gasteiger partial charge < -0.3 is 9.32 Å². The summed E-state index contributed by atoms with van der Waals surface area (Å²) in [7, 11) is 0. The first-order chi connectivity index (χ1) is 36.7. The quantitative estimate of drug-likeness (QED) is 0.171. The number of para-hydroxylation sites is 2. The number of rotatable bonds is 5. The van der Waals surface area contributed by atoms with Crippen molar-refractivity contribution in [2.45, 2.75) is 43.9 Å². The topological polar surface area (TPSA) is 16.4 Å². The third kappa shape index (κ3) is 5.59. The Morgan fingerprint density at radius 1 is 0.293 bits per heavy atom. The average molecular weight is 958 g/mol. The van der Waals surface area contributed by atoms with Crippen LogP contribution in [-0.2, 0) is 16.2 Å². The molecule has 354 valence electrons. The third-order valence-corrected chi connectivity index (χ3v) is 17.9. The summed E-state index contributed by atoms with van der Waals surface area (Å²) in [4.78, 5) is 2.51. The minimum Gasteiger partial charge on any atom is -0.455 e. The van der Waals surface area contributed by atoms with Crippen LogP contribution in [0.5, 0.6) is 0 Å². The van der Waals surface area contributed by atoms with Gasteiger partial charge in [0.25, 0.3) is 0 Å². The van der Waals surface area contributed by atoms with Crippen LogP contribution in [0.2, 0.25) is 0 Å². The number of hydrogen-bond acceptors (Lipinski definition) is 2. The summed E-state index contributed by atoms with van der Waals surface area (Å²) in [5.74, 6) is 0. The standard InChI is InChI=1S/C73H51NO/c1-71(2)60-28-10-5-20-51(60)55-38-35-47(42-65(55)71)74(48-36-39-56-52-21-6-11-29-61(52)72(3,4)66(56)43-48)46-19-15-18-44(40-46)49-25-17-32-64-69(49)59-37-34-45(50-26-16-27-58-57-24-9-14-33-68(57)75-70(50)58)41-67(59)73(64)62-30-12-7-22-53(62)54-23-8-13-31-63(54)73/h5-43H,1-4H3. The fraction of sp³-hybridized carbons (Fsp3) is 0.0959. The van der Waals surface area contributed by atoms with Crippen molar-refractivity contribution in [3.63, 3.8) is 0 Å². The molecular weight excluding hydrogens is 907 g/mol. The third-order valence-electron chi connectivity index (χ3n) is 17.9. The Balaban J connectivity index is 0.914. The molecule has 1 heterocycles. The molecule has 0 radical (unpaired) electrons. The van der Waals surface area contributed by atoms with E-state index in [4.69, 9.17) is 4.42 Å². The highest BCUT2D eigenvalue weighted by atomic mass is 16.3. The molecule has 0 fully saturated rings. The number of hydrogen-bond donors (Lipinski definition) is 0. The van der Waals surface area contributed by atoms with E-state index in [0.29, 0.717) is 0 Å². The van der Waals surface area contributed by atoms with Crippen molar-refractivity contribution in [3.8, 4) is 66.8 Å². The Morgan fingerprint density at radius 2 is 0.747 bits per heavy atom. The lowest BCUT2D eigenvalue weighted by Gasteiger charge is -2.31. The Labute approximate surface area is 437 Å². The van der Waals surface area contributed by atoms with Gasteiger partial charge in [0.05, 0.1) is 5.41 Å². The van der Waals surface area contributed by atoms with Gasteiger partial charge in [0, 0.05) is 44.2 Å². The Kier molecular flexibility index (Phi) is 8.54. The second-order valence-electron chi connectivity index (χ2n) is 22.3. The summed E-state index contributed by atoms with van der Waals surface area (Å²) in [6.07, 6.45) is 0. The van der Waals surface area contributed by atoms with Crippen LogP contribution in [0, 0.1) is 0 Å². The molecule has 2 heteroatoms. The molecule has 0 atom stereocenters. The number of furan rings is 1. The second kappa shape index (κ2) is 15.1. The van der Waals surface area contributed by atoms with E-state index in [1.165, 1.54) is 100 Å². The largest absolute Gasteiger partial charge is 0.455 e. The normalized spacial score (nSPS) is 15.0.